The number of aliphatic imine (C=N–C) groups is 1. The third-order valence-corrected chi connectivity index (χ3v) is 4.60. The summed E-state index contributed by atoms with van der Waals surface area (Å²) in [6, 6.07) is -0.256. The van der Waals surface area contributed by atoms with E-state index in [1.165, 1.54) is 6.21 Å². The number of aliphatic carboxylic acids is 1. The number of aromatic nitrogens is 2. The topological polar surface area (TPSA) is 189 Å². The largest absolute Gasteiger partial charge is 0.481 e. The summed E-state index contributed by atoms with van der Waals surface area (Å²) in [7, 11) is 0. The molecule has 0 saturated heterocycles. The Labute approximate surface area is 191 Å². The maximum absolute atomic E-state index is 12.5. The second kappa shape index (κ2) is 11.5. The number of amides is 1. The lowest BCUT2D eigenvalue weighted by Crippen LogP contribution is -2.33. The van der Waals surface area contributed by atoms with E-state index < -0.39 is 11.5 Å². The molecule has 33 heavy (non-hydrogen) atoms. The summed E-state index contributed by atoms with van der Waals surface area (Å²) in [5, 5.41) is 14.8. The number of rotatable bonds is 10. The maximum atomic E-state index is 12.5. The number of H-pyrrole nitrogens is 1. The number of allylic oxidation sites excluding steroid dienone is 3. The van der Waals surface area contributed by atoms with Crippen LogP contribution in [-0.2, 0) is 9.59 Å². The number of carbonyl (C=O) groups excluding carboxylic acids is 1. The second-order valence-electron chi connectivity index (χ2n) is 7.70. The Morgan fingerprint density at radius 3 is 2.79 bits per heavy atom. The molecule has 0 fully saturated rings. The third kappa shape index (κ3) is 8.13. The summed E-state index contributed by atoms with van der Waals surface area (Å²) in [4.78, 5) is 45.1. The molecule has 1 aliphatic rings. The number of nitrogens with two attached hydrogens (primary N) is 2. The fourth-order valence-corrected chi connectivity index (χ4v) is 2.89. The Balaban J connectivity index is 1.94. The number of carboxylic acids is 1. The van der Waals surface area contributed by atoms with E-state index in [4.69, 9.17) is 16.6 Å². The molecule has 11 heteroatoms. The Morgan fingerprint density at radius 1 is 1.36 bits per heavy atom. The van der Waals surface area contributed by atoms with Gasteiger partial charge in [-0.2, -0.15) is 4.98 Å². The van der Waals surface area contributed by atoms with Crippen molar-refractivity contribution in [2.75, 3.05) is 18.0 Å². The quantitative estimate of drug-likeness (QED) is 0.283. The number of carboxylic acid groups (broad SMARTS) is 1. The van der Waals surface area contributed by atoms with Crippen molar-refractivity contribution in [3.05, 3.63) is 58.1 Å². The summed E-state index contributed by atoms with van der Waals surface area (Å²) in [6.45, 7) is 7.97. The van der Waals surface area contributed by atoms with Crippen LogP contribution in [0.3, 0.4) is 0 Å². The highest BCUT2D eigenvalue weighted by Crippen LogP contribution is 2.16. The molecule has 1 aliphatic carbocycles. The van der Waals surface area contributed by atoms with Crippen LogP contribution in [0.4, 0.5) is 17.5 Å². The lowest BCUT2D eigenvalue weighted by Gasteiger charge is -2.13. The van der Waals surface area contributed by atoms with Crippen LogP contribution in [0.1, 0.15) is 26.7 Å². The van der Waals surface area contributed by atoms with Gasteiger partial charge in [-0.25, -0.2) is 4.99 Å². The van der Waals surface area contributed by atoms with E-state index in [2.05, 4.69) is 32.2 Å². The highest BCUT2D eigenvalue weighted by Gasteiger charge is 2.14. The molecule has 0 bridgehead atoms. The Hall–Kier alpha value is -4.15. The average molecular weight is 456 g/mol. The predicted molar refractivity (Wildman–Crippen MR) is 128 cm³/mol. The van der Waals surface area contributed by atoms with Gasteiger partial charge in [-0.1, -0.05) is 25.7 Å². The number of nitrogens with one attached hydrogen (secondary N) is 3. The van der Waals surface area contributed by atoms with Gasteiger partial charge in [0.25, 0.3) is 11.5 Å². The van der Waals surface area contributed by atoms with Gasteiger partial charge < -0.3 is 27.2 Å². The zero-order chi connectivity index (χ0) is 24.5. The van der Waals surface area contributed by atoms with Crippen molar-refractivity contribution in [1.29, 1.82) is 0 Å². The van der Waals surface area contributed by atoms with E-state index >= 15 is 0 Å². The monoisotopic (exact) mass is 455 g/mol. The smallest absolute Gasteiger partial charge is 0.303 e. The first kappa shape index (κ1) is 25.1. The Kier molecular flexibility index (Phi) is 8.72. The second-order valence-corrected chi connectivity index (χ2v) is 7.70. The van der Waals surface area contributed by atoms with E-state index in [0.717, 1.165) is 5.70 Å². The van der Waals surface area contributed by atoms with E-state index in [0.29, 0.717) is 24.1 Å². The summed E-state index contributed by atoms with van der Waals surface area (Å²) < 4.78 is 0. The maximum Gasteiger partial charge on any atom is 0.303 e. The minimum atomic E-state index is -0.897. The summed E-state index contributed by atoms with van der Waals surface area (Å²) in [6.07, 6.45) is 9.03. The van der Waals surface area contributed by atoms with Crippen LogP contribution in [0.25, 0.3) is 0 Å². The zero-order valence-electron chi connectivity index (χ0n) is 18.6. The molecule has 0 aromatic carbocycles. The molecular weight excluding hydrogens is 426 g/mol. The van der Waals surface area contributed by atoms with Crippen molar-refractivity contribution < 1.29 is 14.7 Å². The fraction of sp³-hybridized carbons (Fsp3) is 0.318. The molecular formula is C22H29N7O4. The molecule has 1 amide bonds. The normalized spacial score (nSPS) is 16.5. The van der Waals surface area contributed by atoms with Crippen LogP contribution in [0.15, 0.2) is 57.5 Å². The third-order valence-electron chi connectivity index (χ3n) is 4.60. The van der Waals surface area contributed by atoms with Gasteiger partial charge >= 0.3 is 5.97 Å². The number of nitrogens with zero attached hydrogens (tertiary/aromatic N) is 2. The van der Waals surface area contributed by atoms with Crippen molar-refractivity contribution in [1.82, 2.24) is 20.6 Å². The first-order valence-corrected chi connectivity index (χ1v) is 10.3. The Bertz CT molecular complexity index is 1100. The van der Waals surface area contributed by atoms with Crippen molar-refractivity contribution >= 4 is 35.5 Å². The average Bonchev–Trinajstić information content (AvgIpc) is 2.93. The zero-order valence-corrected chi connectivity index (χ0v) is 18.6. The molecule has 0 saturated carbocycles. The van der Waals surface area contributed by atoms with Crippen molar-refractivity contribution in [3.8, 4) is 0 Å². The molecule has 176 valence electrons. The molecule has 0 radical (unpaired) electrons. The SMILES string of the molecule is C=C(/C=N\c1nc(N)[nH]c(=O)c1N)CNC1=C[C@@H](C)C=C(C(=O)N[C@H](C)CCC(=O)O)C=C1. The van der Waals surface area contributed by atoms with Gasteiger partial charge in [0.1, 0.15) is 5.69 Å². The van der Waals surface area contributed by atoms with Gasteiger partial charge in [-0.05, 0) is 37.0 Å². The van der Waals surface area contributed by atoms with E-state index in [1.807, 2.05) is 19.1 Å². The summed E-state index contributed by atoms with van der Waals surface area (Å²) >= 11 is 0. The van der Waals surface area contributed by atoms with Crippen LogP contribution >= 0.6 is 0 Å². The summed E-state index contributed by atoms with van der Waals surface area (Å²) in [5.41, 5.74) is 12.3. The van der Waals surface area contributed by atoms with Gasteiger partial charge in [0, 0.05) is 36.5 Å². The van der Waals surface area contributed by atoms with Gasteiger partial charge in [-0.15, -0.1) is 0 Å². The van der Waals surface area contributed by atoms with Crippen LogP contribution in [0, 0.1) is 5.92 Å². The van der Waals surface area contributed by atoms with Crippen molar-refractivity contribution in [3.63, 3.8) is 0 Å². The van der Waals surface area contributed by atoms with Crippen LogP contribution in [-0.4, -0.2) is 45.8 Å². The van der Waals surface area contributed by atoms with Crippen molar-refractivity contribution in [2.45, 2.75) is 32.7 Å². The number of hydrogen-bond acceptors (Lipinski definition) is 8. The minimum absolute atomic E-state index is 0.00758. The molecule has 1 aromatic heterocycles. The standard InChI is InChI=1S/C22H29N7O4/c1-12-8-15(20(32)27-14(3)4-7-17(30)31)5-6-16(9-12)25-10-13(2)11-26-19-18(23)21(33)29-22(24)28-19/h5-6,8-9,11-12,14,25H,2,4,7,10,23H2,1,3H3,(H,27,32)(H,30,31)(H3,24,28,29,33)/b26-11-/t12-,14+/m0/s1. The summed E-state index contributed by atoms with van der Waals surface area (Å²) in [5.74, 6) is -1.26. The lowest BCUT2D eigenvalue weighted by molar-refractivity contribution is -0.137. The molecule has 11 nitrogen and oxygen atoms in total. The van der Waals surface area contributed by atoms with Gasteiger partial charge in [0.2, 0.25) is 5.95 Å². The molecule has 1 aromatic rings. The van der Waals surface area contributed by atoms with Crippen LogP contribution in [0.2, 0.25) is 0 Å². The Morgan fingerprint density at radius 2 is 2.09 bits per heavy atom. The number of hydrogen-bond donors (Lipinski definition) is 6. The first-order chi connectivity index (χ1) is 15.5. The highest BCUT2D eigenvalue weighted by atomic mass is 16.4. The minimum Gasteiger partial charge on any atom is -0.481 e. The van der Waals surface area contributed by atoms with Gasteiger partial charge in [0.05, 0.1) is 0 Å². The van der Waals surface area contributed by atoms with E-state index in [9.17, 15) is 14.4 Å². The number of carbonyl (C=O) groups is 2. The number of anilines is 2. The molecule has 2 rings (SSSR count). The lowest BCUT2D eigenvalue weighted by atomic mass is 10.1. The van der Waals surface area contributed by atoms with E-state index in [-0.39, 0.29) is 41.7 Å². The van der Waals surface area contributed by atoms with Crippen LogP contribution < -0.4 is 27.7 Å². The van der Waals surface area contributed by atoms with Crippen molar-refractivity contribution in [2.24, 2.45) is 10.9 Å². The predicted octanol–water partition coefficient (Wildman–Crippen LogP) is 1.17. The molecule has 0 spiro atoms. The molecule has 2 atom stereocenters. The van der Waals surface area contributed by atoms with E-state index in [1.54, 1.807) is 19.1 Å². The fourth-order valence-electron chi connectivity index (χ4n) is 2.89. The molecule has 0 unspecified atom stereocenters. The number of aromatic amines is 1. The number of nitrogen functional groups attached to an aromatic ring is 2. The van der Waals surface area contributed by atoms with Gasteiger partial charge in [0.15, 0.2) is 5.82 Å². The first-order valence-electron chi connectivity index (χ1n) is 10.3. The van der Waals surface area contributed by atoms with Gasteiger partial charge in [-0.3, -0.25) is 19.4 Å². The molecule has 8 N–H and O–H groups in total. The van der Waals surface area contributed by atoms with Crippen LogP contribution in [0.5, 0.6) is 0 Å². The molecule has 0 aliphatic heterocycles. The highest BCUT2D eigenvalue weighted by molar-refractivity contribution is 5.96. The molecule has 1 heterocycles.